The summed E-state index contributed by atoms with van der Waals surface area (Å²) in [5, 5.41) is 0. The van der Waals surface area contributed by atoms with Crippen LogP contribution in [-0.2, 0) is 20.5 Å². The maximum Gasteiger partial charge on any atom is 0.420 e. The van der Waals surface area contributed by atoms with Gasteiger partial charge in [0.15, 0.2) is 0 Å². The van der Waals surface area contributed by atoms with Crippen LogP contribution in [0.3, 0.4) is 0 Å². The summed E-state index contributed by atoms with van der Waals surface area (Å²) in [5.41, 5.74) is 1.77. The molecular weight excluding hydrogens is 485 g/mol. The third-order valence-corrected chi connectivity index (χ3v) is 5.03. The van der Waals surface area contributed by atoms with Crippen molar-refractivity contribution in [2.75, 3.05) is 0 Å². The monoisotopic (exact) mass is 508 g/mol. The number of alkyl halides is 3. The minimum Gasteiger partial charge on any atom is -0.462 e. The van der Waals surface area contributed by atoms with E-state index in [0.717, 1.165) is 29.5 Å². The SMILES string of the molecule is C=C(C)C(=O)O/C=C\Oc1ccc(-c2ccc(-c3ccc(OC(=O)C(=C)C)c(C(F)(F)F)c3)cc2)cc1. The first-order valence-electron chi connectivity index (χ1n) is 10.9. The number of hydrogen-bond acceptors (Lipinski definition) is 5. The Kier molecular flexibility index (Phi) is 8.34. The van der Waals surface area contributed by atoms with E-state index < -0.39 is 29.4 Å². The molecule has 0 bridgehead atoms. The van der Waals surface area contributed by atoms with Crippen LogP contribution in [0.2, 0.25) is 0 Å². The van der Waals surface area contributed by atoms with Crippen LogP contribution < -0.4 is 9.47 Å². The Balaban J connectivity index is 1.75. The first kappa shape index (κ1) is 27.0. The zero-order valence-electron chi connectivity index (χ0n) is 20.1. The second-order valence-corrected chi connectivity index (χ2v) is 8.06. The molecule has 0 atom stereocenters. The van der Waals surface area contributed by atoms with Crippen molar-refractivity contribution in [1.29, 1.82) is 0 Å². The quantitative estimate of drug-likeness (QED) is 0.137. The van der Waals surface area contributed by atoms with Crippen molar-refractivity contribution >= 4 is 11.9 Å². The molecule has 0 heterocycles. The number of benzene rings is 3. The standard InChI is InChI=1S/C29H23F3O5/c1-18(2)27(33)36-16-15-35-24-12-9-21(10-13-24)20-5-7-22(8-6-20)23-11-14-26(37-28(34)19(3)4)25(17-23)29(30,31)32/h5-17H,1,3H2,2,4H3/b16-15-. The van der Waals surface area contributed by atoms with Crippen LogP contribution >= 0.6 is 0 Å². The van der Waals surface area contributed by atoms with Gasteiger partial charge in [0.1, 0.15) is 24.0 Å². The minimum atomic E-state index is -4.72. The molecule has 0 saturated carbocycles. The maximum absolute atomic E-state index is 13.6. The molecule has 0 fully saturated rings. The van der Waals surface area contributed by atoms with Crippen LogP contribution in [0.5, 0.6) is 11.5 Å². The molecule has 5 nitrogen and oxygen atoms in total. The smallest absolute Gasteiger partial charge is 0.420 e. The molecule has 0 unspecified atom stereocenters. The van der Waals surface area contributed by atoms with Gasteiger partial charge in [0.2, 0.25) is 0 Å². The molecule has 3 aromatic rings. The van der Waals surface area contributed by atoms with Crippen molar-refractivity contribution in [3.05, 3.63) is 109 Å². The summed E-state index contributed by atoms with van der Waals surface area (Å²) in [7, 11) is 0. The Morgan fingerprint density at radius 3 is 1.73 bits per heavy atom. The fraction of sp³-hybridized carbons (Fsp3) is 0.103. The summed E-state index contributed by atoms with van der Waals surface area (Å²) in [6.07, 6.45) is -2.37. The Morgan fingerprint density at radius 2 is 1.22 bits per heavy atom. The molecule has 37 heavy (non-hydrogen) atoms. The molecule has 190 valence electrons. The van der Waals surface area contributed by atoms with E-state index in [0.29, 0.717) is 16.9 Å². The highest BCUT2D eigenvalue weighted by molar-refractivity contribution is 5.89. The highest BCUT2D eigenvalue weighted by Crippen LogP contribution is 2.39. The Labute approximate surface area is 212 Å². The number of rotatable bonds is 8. The fourth-order valence-electron chi connectivity index (χ4n) is 3.08. The number of ether oxygens (including phenoxy) is 3. The molecule has 0 N–H and O–H groups in total. The van der Waals surface area contributed by atoms with E-state index in [4.69, 9.17) is 14.2 Å². The summed E-state index contributed by atoms with van der Waals surface area (Å²) in [6, 6.07) is 17.6. The summed E-state index contributed by atoms with van der Waals surface area (Å²) in [5.74, 6) is -1.56. The van der Waals surface area contributed by atoms with Gasteiger partial charge < -0.3 is 14.2 Å². The van der Waals surface area contributed by atoms with Gasteiger partial charge in [0, 0.05) is 11.1 Å². The third kappa shape index (κ3) is 7.20. The number of carbonyl (C=O) groups is 2. The summed E-state index contributed by atoms with van der Waals surface area (Å²) in [4.78, 5) is 23.0. The molecular formula is C29H23F3O5. The molecule has 0 radical (unpaired) electrons. The molecule has 0 aliphatic rings. The molecule has 3 rings (SSSR count). The zero-order valence-corrected chi connectivity index (χ0v) is 20.1. The zero-order chi connectivity index (χ0) is 27.2. The van der Waals surface area contributed by atoms with Gasteiger partial charge in [-0.25, -0.2) is 9.59 Å². The average Bonchev–Trinajstić information content (AvgIpc) is 2.86. The van der Waals surface area contributed by atoms with Gasteiger partial charge >= 0.3 is 18.1 Å². The lowest BCUT2D eigenvalue weighted by atomic mass is 9.98. The Morgan fingerprint density at radius 1 is 0.730 bits per heavy atom. The maximum atomic E-state index is 13.6. The van der Waals surface area contributed by atoms with Crippen molar-refractivity contribution in [3.63, 3.8) is 0 Å². The van der Waals surface area contributed by atoms with E-state index in [9.17, 15) is 22.8 Å². The molecule has 0 spiro atoms. The lowest BCUT2D eigenvalue weighted by Crippen LogP contribution is -2.14. The van der Waals surface area contributed by atoms with Crippen molar-refractivity contribution in [2.45, 2.75) is 20.0 Å². The minimum absolute atomic E-state index is 0.00653. The molecule has 0 amide bonds. The van der Waals surface area contributed by atoms with Gasteiger partial charge in [-0.1, -0.05) is 55.6 Å². The summed E-state index contributed by atoms with van der Waals surface area (Å²) >= 11 is 0. The normalized spacial score (nSPS) is 11.2. The van der Waals surface area contributed by atoms with Crippen LogP contribution in [0.1, 0.15) is 19.4 Å². The average molecular weight is 508 g/mol. The number of halogens is 3. The highest BCUT2D eigenvalue weighted by atomic mass is 19.4. The second-order valence-electron chi connectivity index (χ2n) is 8.06. The first-order valence-corrected chi connectivity index (χ1v) is 10.9. The van der Waals surface area contributed by atoms with E-state index >= 15 is 0 Å². The van der Waals surface area contributed by atoms with Gasteiger partial charge in [0.25, 0.3) is 0 Å². The molecule has 0 aliphatic carbocycles. The van der Waals surface area contributed by atoms with Crippen LogP contribution in [0.4, 0.5) is 13.2 Å². The third-order valence-electron chi connectivity index (χ3n) is 5.03. The second kappa shape index (κ2) is 11.4. The van der Waals surface area contributed by atoms with Crippen molar-refractivity contribution < 1.29 is 37.0 Å². The first-order chi connectivity index (χ1) is 17.5. The van der Waals surface area contributed by atoms with Gasteiger partial charge in [-0.3, -0.25) is 0 Å². The molecule has 8 heteroatoms. The van der Waals surface area contributed by atoms with Crippen LogP contribution in [-0.4, -0.2) is 11.9 Å². The predicted octanol–water partition coefficient (Wildman–Crippen LogP) is 7.49. The fourth-order valence-corrected chi connectivity index (χ4v) is 3.08. The van der Waals surface area contributed by atoms with Crippen molar-refractivity contribution in [1.82, 2.24) is 0 Å². The molecule has 3 aromatic carbocycles. The summed E-state index contributed by atoms with van der Waals surface area (Å²) in [6.45, 7) is 9.75. The van der Waals surface area contributed by atoms with E-state index in [2.05, 4.69) is 13.2 Å². The Bertz CT molecular complexity index is 1350. The van der Waals surface area contributed by atoms with Gasteiger partial charge in [-0.2, -0.15) is 13.2 Å². The number of hydrogen-bond donors (Lipinski definition) is 0. The highest BCUT2D eigenvalue weighted by Gasteiger charge is 2.35. The van der Waals surface area contributed by atoms with Crippen molar-refractivity contribution in [2.24, 2.45) is 0 Å². The van der Waals surface area contributed by atoms with Crippen LogP contribution in [0, 0.1) is 0 Å². The van der Waals surface area contributed by atoms with Gasteiger partial charge in [-0.05, 0) is 60.4 Å². The van der Waals surface area contributed by atoms with Crippen LogP contribution in [0.25, 0.3) is 22.3 Å². The lowest BCUT2D eigenvalue weighted by molar-refractivity contribution is -0.141. The van der Waals surface area contributed by atoms with E-state index in [1.54, 1.807) is 36.4 Å². The van der Waals surface area contributed by atoms with Crippen molar-refractivity contribution in [3.8, 4) is 33.8 Å². The largest absolute Gasteiger partial charge is 0.462 e. The molecule has 0 aliphatic heterocycles. The lowest BCUT2D eigenvalue weighted by Gasteiger charge is -2.15. The predicted molar refractivity (Wildman–Crippen MR) is 133 cm³/mol. The van der Waals surface area contributed by atoms with Gasteiger partial charge in [0.05, 0.1) is 5.56 Å². The van der Waals surface area contributed by atoms with E-state index in [-0.39, 0.29) is 11.1 Å². The Hall–Kier alpha value is -4.59. The van der Waals surface area contributed by atoms with E-state index in [1.165, 1.54) is 26.2 Å². The number of carbonyl (C=O) groups excluding carboxylic acids is 2. The van der Waals surface area contributed by atoms with E-state index in [1.807, 2.05) is 12.1 Å². The molecule has 0 aromatic heterocycles. The topological polar surface area (TPSA) is 61.8 Å². The molecule has 0 saturated heterocycles. The summed E-state index contributed by atoms with van der Waals surface area (Å²) < 4.78 is 55.9. The number of esters is 2. The van der Waals surface area contributed by atoms with Crippen LogP contribution in [0.15, 0.2) is 104 Å². The van der Waals surface area contributed by atoms with Gasteiger partial charge in [-0.15, -0.1) is 0 Å².